The highest BCUT2D eigenvalue weighted by Gasteiger charge is 2.62. The van der Waals surface area contributed by atoms with Crippen LogP contribution in [-0.4, -0.2) is 47.1 Å². The van der Waals surface area contributed by atoms with Crippen molar-refractivity contribution < 1.29 is 44.3 Å². The zero-order valence-corrected chi connectivity index (χ0v) is 26.4. The van der Waals surface area contributed by atoms with Crippen molar-refractivity contribution in [2.45, 2.75) is 62.3 Å². The first-order chi connectivity index (χ1) is 21.2. The van der Waals surface area contributed by atoms with Crippen LogP contribution in [0, 0.1) is 25.2 Å². The summed E-state index contributed by atoms with van der Waals surface area (Å²) in [4.78, 5) is 40.0. The van der Waals surface area contributed by atoms with E-state index in [-0.39, 0.29) is 45.8 Å². The molecule has 0 N–H and O–H groups in total. The minimum Gasteiger partial charge on any atom is -0.466 e. The summed E-state index contributed by atoms with van der Waals surface area (Å²) in [6.45, 7) is 4.96. The molecule has 236 valence electrons. The highest BCUT2D eigenvalue weighted by atomic mass is 32.2. The molecule has 2 fully saturated rings. The second-order valence-electron chi connectivity index (χ2n) is 11.9. The Balaban J connectivity index is 1.46. The van der Waals surface area contributed by atoms with Gasteiger partial charge in [-0.2, -0.15) is 16.8 Å². The van der Waals surface area contributed by atoms with E-state index in [1.54, 1.807) is 38.1 Å². The van der Waals surface area contributed by atoms with Gasteiger partial charge in [0.25, 0.3) is 0 Å². The third-order valence-corrected chi connectivity index (χ3v) is 11.4. The molecule has 1 saturated heterocycles. The molecule has 2 aliphatic heterocycles. The molecule has 1 saturated carbocycles. The number of ketones is 1. The first kappa shape index (κ1) is 30.8. The first-order valence-corrected chi connectivity index (χ1v) is 17.2. The molecule has 45 heavy (non-hydrogen) atoms. The van der Waals surface area contributed by atoms with Gasteiger partial charge in [-0.15, -0.1) is 0 Å². The van der Waals surface area contributed by atoms with Gasteiger partial charge in [0.2, 0.25) is 5.91 Å². The third-order valence-electron chi connectivity index (χ3n) is 8.86. The molecule has 1 aliphatic carbocycles. The molecule has 2 heterocycles. The molecular formula is C32H31NO10S2. The van der Waals surface area contributed by atoms with Crippen LogP contribution < -0.4 is 13.3 Å². The lowest BCUT2D eigenvalue weighted by molar-refractivity contribution is -0.141. The Hall–Kier alpha value is -4.23. The number of rotatable bonds is 9. The summed E-state index contributed by atoms with van der Waals surface area (Å²) in [5.74, 6) is -2.64. The van der Waals surface area contributed by atoms with Gasteiger partial charge in [0.15, 0.2) is 17.3 Å². The van der Waals surface area contributed by atoms with E-state index >= 15 is 0 Å². The number of anilines is 1. The lowest BCUT2D eigenvalue weighted by Crippen LogP contribution is -2.48. The summed E-state index contributed by atoms with van der Waals surface area (Å²) in [7, 11) is -9.00. The van der Waals surface area contributed by atoms with E-state index in [0.717, 1.165) is 17.2 Å². The minimum absolute atomic E-state index is 0.0245. The number of aryl methyl sites for hydroxylation is 2. The molecule has 0 spiro atoms. The number of carbonyl (C=O) groups is 3. The Bertz CT molecular complexity index is 1940. The van der Waals surface area contributed by atoms with Crippen LogP contribution in [0.2, 0.25) is 0 Å². The Morgan fingerprint density at radius 3 is 1.93 bits per heavy atom. The van der Waals surface area contributed by atoms with E-state index in [1.165, 1.54) is 42.2 Å². The largest absolute Gasteiger partial charge is 0.466 e. The van der Waals surface area contributed by atoms with E-state index in [1.807, 2.05) is 0 Å². The number of carbonyl (C=O) groups excluding carboxylic acids is 3. The van der Waals surface area contributed by atoms with Crippen LogP contribution in [0.5, 0.6) is 11.5 Å². The fourth-order valence-electron chi connectivity index (χ4n) is 6.70. The van der Waals surface area contributed by atoms with Crippen LogP contribution in [0.15, 0.2) is 70.5 Å². The Kier molecular flexibility index (Phi) is 7.51. The van der Waals surface area contributed by atoms with Gasteiger partial charge in [0, 0.05) is 36.3 Å². The predicted octanol–water partition coefficient (Wildman–Crippen LogP) is 4.49. The monoisotopic (exact) mass is 653 g/mol. The molecule has 1 unspecified atom stereocenters. The molecule has 0 aromatic heterocycles. The standard InChI is InChI=1S/C32H31NO10S2/c1-19-4-8-22(9-5-19)44(37,38)42-27-16-25-26(17-28(27)43-45(39,40)23-10-6-20(2)7-11-23)33-29(35)18-32(14-15-41-21(3)34)13-12-24(30(25)36)31(32)33/h4-11,16-17,24,31H,12-15,18H2,1-3H3/t24-,31?,32-/m1/s1. The summed E-state index contributed by atoms with van der Waals surface area (Å²) < 4.78 is 69.6. The number of fused-ring (bicyclic) bond motifs is 2. The maximum absolute atomic E-state index is 13.9. The maximum Gasteiger partial charge on any atom is 0.339 e. The molecule has 3 atom stereocenters. The molecule has 0 radical (unpaired) electrons. The van der Waals surface area contributed by atoms with E-state index < -0.39 is 55.1 Å². The second kappa shape index (κ2) is 11.0. The zero-order chi connectivity index (χ0) is 32.3. The van der Waals surface area contributed by atoms with Crippen molar-refractivity contribution in [1.29, 1.82) is 0 Å². The van der Waals surface area contributed by atoms with Gasteiger partial charge in [-0.3, -0.25) is 14.4 Å². The Morgan fingerprint density at radius 1 is 0.867 bits per heavy atom. The predicted molar refractivity (Wildman–Crippen MR) is 161 cm³/mol. The molecule has 1 amide bonds. The van der Waals surface area contributed by atoms with Crippen molar-refractivity contribution in [3.63, 3.8) is 0 Å². The Labute approximate surface area is 261 Å². The van der Waals surface area contributed by atoms with Gasteiger partial charge in [-0.1, -0.05) is 35.4 Å². The minimum atomic E-state index is -4.51. The number of nitrogens with zero attached hydrogens (tertiary/aromatic N) is 1. The van der Waals surface area contributed by atoms with Gasteiger partial charge < -0.3 is 18.0 Å². The average molecular weight is 654 g/mol. The number of benzene rings is 3. The fraction of sp³-hybridized carbons (Fsp3) is 0.344. The topological polar surface area (TPSA) is 150 Å². The van der Waals surface area contributed by atoms with Crippen molar-refractivity contribution in [2.75, 3.05) is 11.5 Å². The van der Waals surface area contributed by atoms with Gasteiger partial charge >= 0.3 is 26.2 Å². The molecule has 13 heteroatoms. The van der Waals surface area contributed by atoms with Gasteiger partial charge in [0.05, 0.1) is 18.3 Å². The van der Waals surface area contributed by atoms with Crippen molar-refractivity contribution in [3.05, 3.63) is 77.4 Å². The lowest BCUT2D eigenvalue weighted by atomic mass is 9.75. The van der Waals surface area contributed by atoms with Crippen molar-refractivity contribution >= 4 is 43.6 Å². The SMILES string of the molecule is CC(=O)OCC[C@]12CC[C@@H]3C(=O)c4cc(OS(=O)(=O)c5ccc(C)cc5)c(OS(=O)(=O)c5ccc(C)cc5)cc4N(C(=O)C1)C32. The fourth-order valence-corrected chi connectivity index (χ4v) is 8.56. The highest BCUT2D eigenvalue weighted by Crippen LogP contribution is 2.59. The van der Waals surface area contributed by atoms with E-state index in [2.05, 4.69) is 0 Å². The zero-order valence-electron chi connectivity index (χ0n) is 24.8. The van der Waals surface area contributed by atoms with Crippen LogP contribution in [0.4, 0.5) is 5.69 Å². The van der Waals surface area contributed by atoms with Gasteiger partial charge in [-0.05, 0) is 63.4 Å². The van der Waals surface area contributed by atoms with E-state index in [4.69, 9.17) is 13.1 Å². The summed E-state index contributed by atoms with van der Waals surface area (Å²) in [6.07, 6.45) is 1.51. The normalized spacial score (nSPS) is 22.2. The first-order valence-electron chi connectivity index (χ1n) is 14.4. The summed E-state index contributed by atoms with van der Waals surface area (Å²) in [5.41, 5.74) is 1.13. The number of hydrogen-bond acceptors (Lipinski definition) is 10. The molecule has 3 aromatic rings. The maximum atomic E-state index is 13.9. The van der Waals surface area contributed by atoms with Crippen LogP contribution in [0.25, 0.3) is 0 Å². The van der Waals surface area contributed by atoms with Gasteiger partial charge in [-0.25, -0.2) is 0 Å². The molecular weight excluding hydrogens is 622 g/mol. The van der Waals surface area contributed by atoms with Crippen LogP contribution >= 0.6 is 0 Å². The Morgan fingerprint density at radius 2 is 1.40 bits per heavy atom. The van der Waals surface area contributed by atoms with Crippen LogP contribution in [-0.2, 0) is 34.6 Å². The number of esters is 1. The lowest BCUT2D eigenvalue weighted by Gasteiger charge is -2.39. The quantitative estimate of drug-likeness (QED) is 0.239. The third kappa shape index (κ3) is 5.48. The summed E-state index contributed by atoms with van der Waals surface area (Å²) in [6, 6.07) is 13.5. The van der Waals surface area contributed by atoms with Gasteiger partial charge in [0.1, 0.15) is 9.79 Å². The van der Waals surface area contributed by atoms with Crippen molar-refractivity contribution in [1.82, 2.24) is 0 Å². The number of Topliss-reactive ketones (excluding diaryl/α,β-unsaturated/α-hetero) is 1. The van der Waals surface area contributed by atoms with E-state index in [9.17, 15) is 31.2 Å². The molecule has 3 aromatic carbocycles. The molecule has 11 nitrogen and oxygen atoms in total. The molecule has 3 aliphatic rings. The van der Waals surface area contributed by atoms with Crippen LogP contribution in [0.3, 0.4) is 0 Å². The smallest absolute Gasteiger partial charge is 0.339 e. The molecule has 0 bridgehead atoms. The number of ether oxygens (including phenoxy) is 1. The van der Waals surface area contributed by atoms with Crippen LogP contribution in [0.1, 0.15) is 54.1 Å². The average Bonchev–Trinajstić information content (AvgIpc) is 3.46. The highest BCUT2D eigenvalue weighted by molar-refractivity contribution is 7.87. The summed E-state index contributed by atoms with van der Waals surface area (Å²) in [5, 5.41) is 0. The number of hydrogen-bond donors (Lipinski definition) is 0. The second-order valence-corrected chi connectivity index (χ2v) is 15.0. The van der Waals surface area contributed by atoms with E-state index in [0.29, 0.717) is 19.3 Å². The number of amides is 1. The summed E-state index contributed by atoms with van der Waals surface area (Å²) >= 11 is 0. The van der Waals surface area contributed by atoms with Crippen molar-refractivity contribution in [2.24, 2.45) is 11.3 Å². The molecule has 6 rings (SSSR count). The van der Waals surface area contributed by atoms with Crippen molar-refractivity contribution in [3.8, 4) is 11.5 Å².